The molecule has 2 atom stereocenters. The van der Waals surface area contributed by atoms with Crippen LogP contribution in [0.3, 0.4) is 0 Å². The molecule has 0 aliphatic carbocycles. The molecule has 6 heteroatoms. The fraction of sp³-hybridized carbons (Fsp3) is 0.467. The highest BCUT2D eigenvalue weighted by atomic mass is 35.5. The normalized spacial score (nSPS) is 13.8. The van der Waals surface area contributed by atoms with Gasteiger partial charge in [0.1, 0.15) is 12.1 Å². The Bertz CT molecular complexity index is 505. The van der Waals surface area contributed by atoms with Crippen LogP contribution in [0.5, 0.6) is 0 Å². The molecular formula is C15H21ClN2O3. The van der Waals surface area contributed by atoms with Gasteiger partial charge in [-0.2, -0.15) is 0 Å². The summed E-state index contributed by atoms with van der Waals surface area (Å²) < 4.78 is 0. The maximum Gasteiger partial charge on any atom is 0.249 e. The van der Waals surface area contributed by atoms with Crippen molar-refractivity contribution in [2.45, 2.75) is 38.8 Å². The number of nitrogens with two attached hydrogens (primary N) is 1. The van der Waals surface area contributed by atoms with Gasteiger partial charge >= 0.3 is 0 Å². The minimum absolute atomic E-state index is 0.168. The zero-order valence-corrected chi connectivity index (χ0v) is 12.9. The number of nitrogens with one attached hydrogen (secondary N) is 1. The summed E-state index contributed by atoms with van der Waals surface area (Å²) in [4.78, 5) is 23.3. The number of aliphatic hydroxyl groups is 1. The van der Waals surface area contributed by atoms with Gasteiger partial charge in [-0.15, -0.1) is 0 Å². The number of amides is 2. The molecule has 0 heterocycles. The fourth-order valence-electron chi connectivity index (χ4n) is 1.93. The van der Waals surface area contributed by atoms with Gasteiger partial charge in [-0.25, -0.2) is 0 Å². The Kier molecular flexibility index (Phi) is 6.65. The SMILES string of the molecule is CC(C)C[C@H](O)C(=O)N[C@H](Cc1ccccc1Cl)C(N)=O. The van der Waals surface area contributed by atoms with Gasteiger partial charge in [-0.1, -0.05) is 43.6 Å². The Morgan fingerprint density at radius 1 is 1.33 bits per heavy atom. The number of carbonyl (C=O) groups is 2. The zero-order valence-electron chi connectivity index (χ0n) is 12.2. The van der Waals surface area contributed by atoms with E-state index < -0.39 is 24.0 Å². The van der Waals surface area contributed by atoms with Crippen LogP contribution in [0.2, 0.25) is 5.02 Å². The predicted octanol–water partition coefficient (Wildman–Crippen LogP) is 1.26. The molecule has 0 radical (unpaired) electrons. The lowest BCUT2D eigenvalue weighted by atomic mass is 10.0. The van der Waals surface area contributed by atoms with E-state index in [4.69, 9.17) is 17.3 Å². The number of hydrogen-bond acceptors (Lipinski definition) is 3. The second-order valence-electron chi connectivity index (χ2n) is 5.40. The molecule has 21 heavy (non-hydrogen) atoms. The molecule has 0 fully saturated rings. The highest BCUT2D eigenvalue weighted by molar-refractivity contribution is 6.31. The largest absolute Gasteiger partial charge is 0.383 e. The quantitative estimate of drug-likeness (QED) is 0.707. The molecule has 0 aromatic heterocycles. The molecule has 2 amide bonds. The van der Waals surface area contributed by atoms with Gasteiger partial charge in [0, 0.05) is 11.4 Å². The number of rotatable bonds is 7. The molecule has 0 aliphatic heterocycles. The van der Waals surface area contributed by atoms with Gasteiger partial charge in [0.2, 0.25) is 11.8 Å². The van der Waals surface area contributed by atoms with Crippen LogP contribution in [0.15, 0.2) is 24.3 Å². The molecule has 1 aromatic rings. The van der Waals surface area contributed by atoms with E-state index in [1.54, 1.807) is 24.3 Å². The van der Waals surface area contributed by atoms with Crippen LogP contribution in [0.1, 0.15) is 25.8 Å². The van der Waals surface area contributed by atoms with Crippen LogP contribution in [0.25, 0.3) is 0 Å². The standard InChI is InChI=1S/C15H21ClN2O3/c1-9(2)7-13(19)15(21)18-12(14(17)20)8-10-5-3-4-6-11(10)16/h3-6,9,12-13,19H,7-8H2,1-2H3,(H2,17,20)(H,18,21)/t12-,13+/m1/s1. The van der Waals surface area contributed by atoms with Gasteiger partial charge in [0.05, 0.1) is 0 Å². The van der Waals surface area contributed by atoms with Gasteiger partial charge in [-0.05, 0) is 24.0 Å². The molecule has 0 bridgehead atoms. The van der Waals surface area contributed by atoms with Crippen LogP contribution < -0.4 is 11.1 Å². The Labute approximate surface area is 129 Å². The molecule has 0 spiro atoms. The summed E-state index contributed by atoms with van der Waals surface area (Å²) in [5.74, 6) is -1.10. The number of halogens is 1. The summed E-state index contributed by atoms with van der Waals surface area (Å²) in [6, 6.07) is 6.11. The lowest BCUT2D eigenvalue weighted by Crippen LogP contribution is -2.49. The highest BCUT2D eigenvalue weighted by Crippen LogP contribution is 2.16. The van der Waals surface area contributed by atoms with Crippen molar-refractivity contribution in [3.05, 3.63) is 34.9 Å². The average molecular weight is 313 g/mol. The van der Waals surface area contributed by atoms with Gasteiger partial charge in [-0.3, -0.25) is 9.59 Å². The number of hydrogen-bond donors (Lipinski definition) is 3. The highest BCUT2D eigenvalue weighted by Gasteiger charge is 2.24. The molecule has 5 nitrogen and oxygen atoms in total. The summed E-state index contributed by atoms with van der Waals surface area (Å²) in [7, 11) is 0. The molecular weight excluding hydrogens is 292 g/mol. The smallest absolute Gasteiger partial charge is 0.249 e. The molecule has 4 N–H and O–H groups in total. The van der Waals surface area contributed by atoms with Crippen molar-refractivity contribution in [3.8, 4) is 0 Å². The summed E-state index contributed by atoms with van der Waals surface area (Å²) >= 11 is 6.03. The van der Waals surface area contributed by atoms with Gasteiger partial charge in [0.25, 0.3) is 0 Å². The van der Waals surface area contributed by atoms with E-state index in [1.165, 1.54) is 0 Å². The summed E-state index contributed by atoms with van der Waals surface area (Å²) in [6.07, 6.45) is -0.642. The van der Waals surface area contributed by atoms with Crippen molar-refractivity contribution in [1.82, 2.24) is 5.32 Å². The van der Waals surface area contributed by atoms with Gasteiger partial charge < -0.3 is 16.2 Å². The van der Waals surface area contributed by atoms with E-state index in [2.05, 4.69) is 5.32 Å². The molecule has 116 valence electrons. The third-order valence-electron chi connectivity index (χ3n) is 3.04. The van der Waals surface area contributed by atoms with E-state index in [-0.39, 0.29) is 12.3 Å². The second kappa shape index (κ2) is 8.00. The number of aliphatic hydroxyl groups excluding tert-OH is 1. The number of carbonyl (C=O) groups excluding carboxylic acids is 2. The minimum Gasteiger partial charge on any atom is -0.383 e. The van der Waals surface area contributed by atoms with Crippen molar-refractivity contribution in [3.63, 3.8) is 0 Å². The summed E-state index contributed by atoms with van der Waals surface area (Å²) in [6.45, 7) is 3.79. The average Bonchev–Trinajstić information content (AvgIpc) is 2.39. The van der Waals surface area contributed by atoms with Crippen molar-refractivity contribution in [2.75, 3.05) is 0 Å². The maximum absolute atomic E-state index is 11.9. The zero-order chi connectivity index (χ0) is 16.0. The number of benzene rings is 1. The Hall–Kier alpha value is -1.59. The molecule has 0 saturated carbocycles. The first-order valence-corrected chi connectivity index (χ1v) is 7.20. The van der Waals surface area contributed by atoms with Crippen molar-refractivity contribution in [1.29, 1.82) is 0 Å². The van der Waals surface area contributed by atoms with Crippen molar-refractivity contribution >= 4 is 23.4 Å². The third kappa shape index (κ3) is 5.73. The Morgan fingerprint density at radius 3 is 2.48 bits per heavy atom. The van der Waals surface area contributed by atoms with Crippen LogP contribution >= 0.6 is 11.6 Å². The third-order valence-corrected chi connectivity index (χ3v) is 3.41. The minimum atomic E-state index is -1.15. The molecule has 1 rings (SSSR count). The summed E-state index contributed by atoms with van der Waals surface area (Å²) in [5.41, 5.74) is 6.02. The van der Waals surface area contributed by atoms with E-state index in [1.807, 2.05) is 13.8 Å². The van der Waals surface area contributed by atoms with Crippen LogP contribution in [0.4, 0.5) is 0 Å². The lowest BCUT2D eigenvalue weighted by Gasteiger charge is -2.19. The molecule has 0 aliphatic rings. The first-order valence-electron chi connectivity index (χ1n) is 6.82. The predicted molar refractivity (Wildman–Crippen MR) is 81.7 cm³/mol. The first-order chi connectivity index (χ1) is 9.81. The second-order valence-corrected chi connectivity index (χ2v) is 5.81. The van der Waals surface area contributed by atoms with Crippen molar-refractivity contribution in [2.24, 2.45) is 11.7 Å². The maximum atomic E-state index is 11.9. The van der Waals surface area contributed by atoms with E-state index in [0.717, 1.165) is 0 Å². The first kappa shape index (κ1) is 17.5. The van der Waals surface area contributed by atoms with E-state index >= 15 is 0 Å². The monoisotopic (exact) mass is 312 g/mol. The molecule has 0 unspecified atom stereocenters. The topological polar surface area (TPSA) is 92.4 Å². The molecule has 0 saturated heterocycles. The van der Waals surface area contributed by atoms with Crippen LogP contribution in [0, 0.1) is 5.92 Å². The van der Waals surface area contributed by atoms with Crippen molar-refractivity contribution < 1.29 is 14.7 Å². The lowest BCUT2D eigenvalue weighted by molar-refractivity contribution is -0.133. The molecule has 1 aromatic carbocycles. The van der Waals surface area contributed by atoms with E-state index in [9.17, 15) is 14.7 Å². The Balaban J connectivity index is 2.73. The van der Waals surface area contributed by atoms with Crippen LogP contribution in [-0.2, 0) is 16.0 Å². The fourth-order valence-corrected chi connectivity index (χ4v) is 2.14. The van der Waals surface area contributed by atoms with Gasteiger partial charge in [0.15, 0.2) is 0 Å². The van der Waals surface area contributed by atoms with Crippen LogP contribution in [-0.4, -0.2) is 29.1 Å². The Morgan fingerprint density at radius 2 is 1.95 bits per heavy atom. The number of primary amides is 1. The van der Waals surface area contributed by atoms with E-state index in [0.29, 0.717) is 17.0 Å². The summed E-state index contributed by atoms with van der Waals surface area (Å²) in [5, 5.41) is 12.7.